The summed E-state index contributed by atoms with van der Waals surface area (Å²) in [5.74, 6) is 0.587. The average molecular weight is 389 g/mol. The van der Waals surface area contributed by atoms with Gasteiger partial charge < -0.3 is 14.2 Å². The van der Waals surface area contributed by atoms with Gasteiger partial charge in [-0.25, -0.2) is 9.78 Å². The number of carbonyl (C=O) groups excluding carboxylic acids is 1. The molecule has 9 heteroatoms. The van der Waals surface area contributed by atoms with Crippen LogP contribution in [0.5, 0.6) is 11.5 Å². The first-order valence-electron chi connectivity index (χ1n) is 8.21. The van der Waals surface area contributed by atoms with E-state index in [4.69, 9.17) is 14.2 Å². The van der Waals surface area contributed by atoms with Crippen molar-refractivity contribution in [2.24, 2.45) is 0 Å². The Hall–Kier alpha value is -2.94. The number of hydrogen-bond donors (Lipinski definition) is 0. The Kier molecular flexibility index (Phi) is 5.41. The summed E-state index contributed by atoms with van der Waals surface area (Å²) < 4.78 is 16.9. The second-order valence-corrected chi connectivity index (χ2v) is 7.01. The molecule has 0 saturated heterocycles. The highest BCUT2D eigenvalue weighted by molar-refractivity contribution is 7.16. The number of esters is 1. The summed E-state index contributed by atoms with van der Waals surface area (Å²) >= 11 is 1.34. The fourth-order valence-electron chi connectivity index (χ4n) is 2.36. The van der Waals surface area contributed by atoms with Gasteiger partial charge in [-0.3, -0.25) is 4.79 Å². The third-order valence-electron chi connectivity index (χ3n) is 3.78. The van der Waals surface area contributed by atoms with Crippen LogP contribution in [0, 0.1) is 0 Å². The fraction of sp³-hybridized carbons (Fsp3) is 0.333. The Labute approximate surface area is 159 Å². The van der Waals surface area contributed by atoms with Crippen LogP contribution in [0.4, 0.5) is 0 Å². The number of rotatable bonds is 6. The molecule has 8 nitrogen and oxygen atoms in total. The molecule has 0 spiro atoms. The first-order chi connectivity index (χ1) is 12.9. The van der Waals surface area contributed by atoms with Crippen molar-refractivity contribution < 1.29 is 19.0 Å². The highest BCUT2D eigenvalue weighted by Crippen LogP contribution is 2.28. The zero-order valence-corrected chi connectivity index (χ0v) is 16.2. The van der Waals surface area contributed by atoms with E-state index in [1.165, 1.54) is 42.2 Å². The van der Waals surface area contributed by atoms with Gasteiger partial charge in [-0.2, -0.15) is 9.61 Å². The number of benzene rings is 1. The first-order valence-corrected chi connectivity index (χ1v) is 9.03. The Bertz CT molecular complexity index is 1040. The quantitative estimate of drug-likeness (QED) is 0.599. The molecule has 3 aromatic rings. The summed E-state index contributed by atoms with van der Waals surface area (Å²) in [6.45, 7) is 3.87. The molecule has 0 amide bonds. The van der Waals surface area contributed by atoms with Crippen molar-refractivity contribution in [2.45, 2.75) is 26.4 Å². The molecule has 27 heavy (non-hydrogen) atoms. The maximum absolute atomic E-state index is 12.3. The zero-order chi connectivity index (χ0) is 19.6. The molecule has 0 atom stereocenters. The van der Waals surface area contributed by atoms with Crippen molar-refractivity contribution >= 4 is 22.3 Å². The lowest BCUT2D eigenvalue weighted by Crippen LogP contribution is -2.16. The van der Waals surface area contributed by atoms with Crippen molar-refractivity contribution in [3.05, 3.63) is 50.9 Å². The predicted molar refractivity (Wildman–Crippen MR) is 99.9 cm³/mol. The van der Waals surface area contributed by atoms with Gasteiger partial charge in [0.25, 0.3) is 5.56 Å². The van der Waals surface area contributed by atoms with Crippen LogP contribution in [0.3, 0.4) is 0 Å². The number of fused-ring (bicyclic) bond motifs is 1. The van der Waals surface area contributed by atoms with E-state index in [1.807, 2.05) is 13.8 Å². The molecule has 0 aliphatic carbocycles. The second-order valence-electron chi connectivity index (χ2n) is 6.02. The molecular weight excluding hydrogens is 370 g/mol. The van der Waals surface area contributed by atoms with Crippen LogP contribution in [0.25, 0.3) is 4.96 Å². The highest BCUT2D eigenvalue weighted by atomic mass is 32.1. The summed E-state index contributed by atoms with van der Waals surface area (Å²) in [7, 11) is 3.00. The molecule has 0 aliphatic heterocycles. The zero-order valence-electron chi connectivity index (χ0n) is 15.4. The van der Waals surface area contributed by atoms with Gasteiger partial charge in [0.2, 0.25) is 4.96 Å². The van der Waals surface area contributed by atoms with Gasteiger partial charge in [-0.1, -0.05) is 25.2 Å². The van der Waals surface area contributed by atoms with Crippen molar-refractivity contribution in [3.8, 4) is 11.5 Å². The minimum atomic E-state index is -0.551. The van der Waals surface area contributed by atoms with Gasteiger partial charge in [0.15, 0.2) is 11.5 Å². The van der Waals surface area contributed by atoms with Crippen LogP contribution in [0.15, 0.2) is 29.1 Å². The number of methoxy groups -OCH3 is 2. The van der Waals surface area contributed by atoms with E-state index in [2.05, 4.69) is 10.1 Å². The van der Waals surface area contributed by atoms with Crippen molar-refractivity contribution in [3.63, 3.8) is 0 Å². The van der Waals surface area contributed by atoms with Crippen molar-refractivity contribution in [2.75, 3.05) is 14.2 Å². The summed E-state index contributed by atoms with van der Waals surface area (Å²) in [4.78, 5) is 29.3. The van der Waals surface area contributed by atoms with Gasteiger partial charge in [0.1, 0.15) is 11.6 Å². The maximum Gasteiger partial charge on any atom is 0.338 e. The highest BCUT2D eigenvalue weighted by Gasteiger charge is 2.15. The minimum Gasteiger partial charge on any atom is -0.493 e. The Morgan fingerprint density at radius 3 is 2.59 bits per heavy atom. The molecule has 0 aliphatic rings. The van der Waals surface area contributed by atoms with Crippen LogP contribution in [0.2, 0.25) is 0 Å². The molecular formula is C18H19N3O5S. The molecule has 0 radical (unpaired) electrons. The summed E-state index contributed by atoms with van der Waals surface area (Å²) in [6.07, 6.45) is 0. The van der Waals surface area contributed by atoms with Crippen molar-refractivity contribution in [1.82, 2.24) is 14.6 Å². The standard InChI is InChI=1S/C18H19N3O5S/c1-10(2)16-20-21-15(22)8-12(19-18(21)27-16)9-26-17(23)11-5-6-13(24-3)14(7-11)25-4/h5-8,10H,9H2,1-4H3. The topological polar surface area (TPSA) is 92.0 Å². The van der Waals surface area contributed by atoms with E-state index >= 15 is 0 Å². The molecule has 0 fully saturated rings. The van der Waals surface area contributed by atoms with Crippen LogP contribution in [0.1, 0.15) is 40.8 Å². The maximum atomic E-state index is 12.3. The Morgan fingerprint density at radius 2 is 1.93 bits per heavy atom. The van der Waals surface area contributed by atoms with Gasteiger partial charge in [0.05, 0.1) is 25.5 Å². The summed E-state index contributed by atoms with van der Waals surface area (Å²) in [5, 5.41) is 5.08. The third kappa shape index (κ3) is 3.92. The minimum absolute atomic E-state index is 0.117. The third-order valence-corrected chi connectivity index (χ3v) is 4.99. The molecule has 2 aromatic heterocycles. The number of aromatic nitrogens is 3. The predicted octanol–water partition coefficient (Wildman–Crippen LogP) is 2.65. The molecule has 0 N–H and O–H groups in total. The molecule has 0 unspecified atom stereocenters. The number of ether oxygens (including phenoxy) is 3. The Morgan fingerprint density at radius 1 is 1.19 bits per heavy atom. The fourth-order valence-corrected chi connectivity index (χ4v) is 3.29. The number of carbonyl (C=O) groups is 1. The van der Waals surface area contributed by atoms with Crippen LogP contribution in [-0.2, 0) is 11.3 Å². The summed E-state index contributed by atoms with van der Waals surface area (Å²) in [6, 6.07) is 6.05. The largest absolute Gasteiger partial charge is 0.493 e. The van der Waals surface area contributed by atoms with Crippen LogP contribution < -0.4 is 15.0 Å². The first kappa shape index (κ1) is 18.8. The number of hydrogen-bond acceptors (Lipinski definition) is 8. The SMILES string of the molecule is COc1ccc(C(=O)OCc2cc(=O)n3nc(C(C)C)sc3n2)cc1OC. The van der Waals surface area contributed by atoms with E-state index in [1.54, 1.807) is 12.1 Å². The normalized spacial score (nSPS) is 11.0. The van der Waals surface area contributed by atoms with E-state index in [-0.39, 0.29) is 18.1 Å². The molecule has 0 bridgehead atoms. The van der Waals surface area contributed by atoms with Gasteiger partial charge >= 0.3 is 5.97 Å². The van der Waals surface area contributed by atoms with E-state index < -0.39 is 5.97 Å². The molecule has 2 heterocycles. The monoisotopic (exact) mass is 389 g/mol. The Balaban J connectivity index is 1.78. The lowest BCUT2D eigenvalue weighted by Gasteiger charge is -2.09. The smallest absolute Gasteiger partial charge is 0.338 e. The van der Waals surface area contributed by atoms with Crippen molar-refractivity contribution in [1.29, 1.82) is 0 Å². The second kappa shape index (κ2) is 7.75. The van der Waals surface area contributed by atoms with Gasteiger partial charge in [-0.05, 0) is 18.2 Å². The van der Waals surface area contributed by atoms with E-state index in [0.717, 1.165) is 5.01 Å². The lowest BCUT2D eigenvalue weighted by atomic mass is 10.2. The molecule has 0 saturated carbocycles. The average Bonchev–Trinajstić information content (AvgIpc) is 3.10. The molecule has 142 valence electrons. The molecule has 1 aromatic carbocycles. The summed E-state index contributed by atoms with van der Waals surface area (Å²) in [5.41, 5.74) is 0.374. The molecule has 3 rings (SSSR count). The van der Waals surface area contributed by atoms with Gasteiger partial charge in [-0.15, -0.1) is 0 Å². The van der Waals surface area contributed by atoms with Crippen LogP contribution in [-0.4, -0.2) is 34.8 Å². The van der Waals surface area contributed by atoms with Crippen LogP contribution >= 0.6 is 11.3 Å². The lowest BCUT2D eigenvalue weighted by molar-refractivity contribution is 0.0467. The van der Waals surface area contributed by atoms with Gasteiger partial charge in [0, 0.05) is 12.0 Å². The van der Waals surface area contributed by atoms with E-state index in [0.29, 0.717) is 27.7 Å². The number of nitrogens with zero attached hydrogens (tertiary/aromatic N) is 3. The van der Waals surface area contributed by atoms with E-state index in [9.17, 15) is 9.59 Å².